The van der Waals surface area contributed by atoms with Gasteiger partial charge in [-0.15, -0.1) is 17.7 Å². The number of carbonyl (C=O) groups excluding carboxylic acids is 5. The van der Waals surface area contributed by atoms with Crippen LogP contribution in [0.2, 0.25) is 0 Å². The number of benzene rings is 4. The normalized spacial score (nSPS) is 8.00. The van der Waals surface area contributed by atoms with Crippen molar-refractivity contribution in [3.05, 3.63) is 171 Å². The van der Waals surface area contributed by atoms with Crippen molar-refractivity contribution >= 4 is 42.6 Å². The maximum atomic E-state index is 10.7. The van der Waals surface area contributed by atoms with E-state index in [1.807, 2.05) is 92.7 Å². The minimum absolute atomic E-state index is 0. The van der Waals surface area contributed by atoms with Crippen LogP contribution in [-0.4, -0.2) is 30.4 Å². The van der Waals surface area contributed by atoms with Gasteiger partial charge in [0.25, 0.3) is 0 Å². The Morgan fingerprint density at radius 2 is 0.833 bits per heavy atom. The van der Waals surface area contributed by atoms with E-state index < -0.39 is 0 Å². The van der Waals surface area contributed by atoms with Crippen LogP contribution in [0.4, 0.5) is 0 Å². The van der Waals surface area contributed by atoms with Gasteiger partial charge in [0.1, 0.15) is 5.78 Å². The molecule has 4 rings (SSSR count). The molecule has 0 heterocycles. The molecule has 0 N–H and O–H groups in total. The van der Waals surface area contributed by atoms with Crippen molar-refractivity contribution in [1.82, 2.24) is 0 Å². The summed E-state index contributed by atoms with van der Waals surface area (Å²) in [4.78, 5) is 47.0. The Kier molecular flexibility index (Phi) is 93.7. The maximum absolute atomic E-state index is 10.7. The first-order valence-corrected chi connectivity index (χ1v) is 24.6. The summed E-state index contributed by atoms with van der Waals surface area (Å²) in [5.41, 5.74) is 17.6. The van der Waals surface area contributed by atoms with E-state index in [1.165, 1.54) is 101 Å². The van der Waals surface area contributed by atoms with Gasteiger partial charge in [-0.05, 0) is 116 Å². The average Bonchev–Trinajstić information content (AvgIpc) is 3.29. The summed E-state index contributed by atoms with van der Waals surface area (Å²) in [6.45, 7) is 57.8. The first-order valence-electron chi connectivity index (χ1n) is 24.6. The van der Waals surface area contributed by atoms with Gasteiger partial charge < -0.3 is 38.6 Å². The average molecular weight is 1220 g/mol. The molecule has 0 fully saturated rings. The molecule has 8 heteroatoms. The van der Waals surface area contributed by atoms with E-state index in [0.717, 1.165) is 42.4 Å². The molecule has 0 bridgehead atoms. The molecular formula is C64H100O5Y3-6. The standard InChI is InChI=1S/C12H14O.C12H14.C11H16.C9H11.C6H12O.3C2H3O.4C2H6.3Y/c1-9-4-6-12(10(2)8-9)7-5-11(3)13;1-9(2)7-12-6-5-10(3)8-11(12)4;1-5-11-9(3)6-8(2)7-10(11)4;1-7-4-5-8(2)9(3)6-7;1-3-4-5-6(2)7;3*1-2-3;4*1-2;;;/h4-8H,1-3H3;5-8H,1-2H2,3-4H3;6-7H,5H2,1-4H3;4-6H,2H2,1,3H3;3-5H2,1-2H3;3*1H3;4*1-2H3;;;/q;-2;;-1;;3*-1;;;;;;;/b7-5+;;;;;;;;;;;;;;. The van der Waals surface area contributed by atoms with E-state index in [0.29, 0.717) is 5.78 Å². The molecule has 5 nitrogen and oxygen atoms in total. The minimum Gasteiger partial charge on any atom is -0.542 e. The predicted molar refractivity (Wildman–Crippen MR) is 310 cm³/mol. The molecule has 0 saturated heterocycles. The van der Waals surface area contributed by atoms with E-state index >= 15 is 0 Å². The molecule has 0 amide bonds. The zero-order valence-corrected chi connectivity index (χ0v) is 58.8. The Bertz CT molecular complexity index is 1900. The summed E-state index contributed by atoms with van der Waals surface area (Å²) >= 11 is 0. The van der Waals surface area contributed by atoms with E-state index in [9.17, 15) is 9.59 Å². The number of aryl methyl sites for hydroxylation is 9. The van der Waals surface area contributed by atoms with Crippen LogP contribution in [0.25, 0.3) is 12.2 Å². The van der Waals surface area contributed by atoms with Crippen LogP contribution in [-0.2, 0) is 129 Å². The van der Waals surface area contributed by atoms with Gasteiger partial charge in [-0.1, -0.05) is 165 Å². The predicted octanol–water partition coefficient (Wildman–Crippen LogP) is 18.1. The molecule has 0 aliphatic carbocycles. The number of Topliss-reactive ketones (excluding diaryl/α,β-unsaturated/α-hetero) is 1. The third kappa shape index (κ3) is 65.6. The summed E-state index contributed by atoms with van der Waals surface area (Å²) in [6.07, 6.45) is 14.0. The number of unbranched alkanes of at least 4 members (excludes halogenated alkanes) is 1. The second-order valence-corrected chi connectivity index (χ2v) is 14.5. The van der Waals surface area contributed by atoms with Gasteiger partial charge >= 0.3 is 0 Å². The summed E-state index contributed by atoms with van der Waals surface area (Å²) in [6, 6.07) is 23.3. The number of hydrogen-bond acceptors (Lipinski definition) is 5. The fraction of sp³-hybridized carbons (Fsp3) is 0.438. The second-order valence-electron chi connectivity index (χ2n) is 14.5. The molecule has 72 heavy (non-hydrogen) atoms. The monoisotopic (exact) mass is 1220 g/mol. The van der Waals surface area contributed by atoms with Crippen molar-refractivity contribution in [2.24, 2.45) is 0 Å². The summed E-state index contributed by atoms with van der Waals surface area (Å²) in [7, 11) is 0. The number of rotatable bonds is 7. The molecular weight excluding hydrogens is 1120 g/mol. The van der Waals surface area contributed by atoms with Gasteiger partial charge in [-0.2, -0.15) is 44.9 Å². The third-order valence-electron chi connectivity index (χ3n) is 8.28. The Hall–Kier alpha value is -2.37. The molecule has 0 atom stereocenters. The first kappa shape index (κ1) is 95.4. The maximum Gasteiger partial charge on any atom is 0.152 e. The van der Waals surface area contributed by atoms with Gasteiger partial charge in [-0.3, -0.25) is 29.7 Å². The number of ketones is 2. The molecule has 0 aliphatic rings. The van der Waals surface area contributed by atoms with Gasteiger partial charge in [0, 0.05) is 105 Å². The molecule has 4 aromatic carbocycles. The van der Waals surface area contributed by atoms with Gasteiger partial charge in [0.15, 0.2) is 5.78 Å². The molecule has 0 unspecified atom stereocenters. The van der Waals surface area contributed by atoms with Gasteiger partial charge in [-0.25, -0.2) is 0 Å². The van der Waals surface area contributed by atoms with E-state index in [-0.39, 0.29) is 104 Å². The first-order chi connectivity index (χ1) is 32.5. The van der Waals surface area contributed by atoms with Crippen LogP contribution in [0.5, 0.6) is 0 Å². The molecule has 4 aromatic rings. The topological polar surface area (TPSA) is 85.3 Å². The largest absolute Gasteiger partial charge is 0.542 e. The van der Waals surface area contributed by atoms with Crippen LogP contribution in [0, 0.1) is 83.1 Å². The zero-order valence-electron chi connectivity index (χ0n) is 50.3. The van der Waals surface area contributed by atoms with Crippen LogP contribution in [0.15, 0.2) is 78.4 Å². The molecule has 0 aliphatic heterocycles. The van der Waals surface area contributed by atoms with Crippen molar-refractivity contribution in [2.75, 3.05) is 0 Å². The smallest absolute Gasteiger partial charge is 0.152 e. The van der Waals surface area contributed by atoms with Crippen molar-refractivity contribution < 1.29 is 122 Å². The number of carbonyl (C=O) groups is 2. The quantitative estimate of drug-likeness (QED) is 0.136. The van der Waals surface area contributed by atoms with Crippen molar-refractivity contribution in [1.29, 1.82) is 0 Å². The van der Waals surface area contributed by atoms with Crippen molar-refractivity contribution in [2.45, 2.75) is 192 Å². The summed E-state index contributed by atoms with van der Waals surface area (Å²) < 4.78 is 0. The fourth-order valence-corrected chi connectivity index (χ4v) is 5.47. The van der Waals surface area contributed by atoms with Crippen LogP contribution >= 0.6 is 0 Å². The molecule has 3 radical (unpaired) electrons. The SMILES string of the molecule is CC.CC.CC.CC.CC(=O)/C=C/c1ccc(C)cc1C.CCCCC(C)=O.CCc1c(C)cc(C)cc1C.C[C-]=O.C[C-]=O.C[C-]=O.[CH2-]C([CH2-])=Cc1ccc(C)cc1C.[CH2-]c1ccc(C)cc1C.[Y].[Y].[Y]. The molecule has 0 aromatic heterocycles. The van der Waals surface area contributed by atoms with Crippen molar-refractivity contribution in [3.63, 3.8) is 0 Å². The fourth-order valence-electron chi connectivity index (χ4n) is 5.47. The van der Waals surface area contributed by atoms with Crippen LogP contribution in [0.1, 0.15) is 195 Å². The molecule has 401 valence electrons. The van der Waals surface area contributed by atoms with Gasteiger partial charge in [0.05, 0.1) is 0 Å². The zero-order chi connectivity index (χ0) is 56.1. The number of allylic oxidation sites excluding steroid dienone is 2. The van der Waals surface area contributed by atoms with E-state index in [1.54, 1.807) is 19.9 Å². The molecule has 0 saturated carbocycles. The summed E-state index contributed by atoms with van der Waals surface area (Å²) in [5, 5.41) is 0. The number of hydrogen-bond donors (Lipinski definition) is 0. The van der Waals surface area contributed by atoms with E-state index in [2.05, 4.69) is 139 Å². The van der Waals surface area contributed by atoms with E-state index in [4.69, 9.17) is 14.4 Å². The Morgan fingerprint density at radius 3 is 1.08 bits per heavy atom. The van der Waals surface area contributed by atoms with Crippen LogP contribution in [0.3, 0.4) is 0 Å². The van der Waals surface area contributed by atoms with Crippen LogP contribution < -0.4 is 0 Å². The Labute approximate surface area is 522 Å². The Balaban J connectivity index is -0.0000000664. The second kappa shape index (κ2) is 70.7. The molecule has 0 spiro atoms. The third-order valence-corrected chi connectivity index (χ3v) is 8.28. The van der Waals surface area contributed by atoms with Gasteiger partial charge in [0.2, 0.25) is 0 Å². The van der Waals surface area contributed by atoms with Crippen molar-refractivity contribution in [3.8, 4) is 0 Å². The Morgan fingerprint density at radius 1 is 0.514 bits per heavy atom. The minimum atomic E-state index is 0. The summed E-state index contributed by atoms with van der Waals surface area (Å²) in [5.74, 6) is 0.391.